The number of nitro benzene ring substituents is 1. The highest BCUT2D eigenvalue weighted by Crippen LogP contribution is 2.29. The Morgan fingerprint density at radius 1 is 1.17 bits per heavy atom. The second-order valence-corrected chi connectivity index (χ2v) is 6.66. The number of hydrogen-bond donors (Lipinski definition) is 0. The predicted molar refractivity (Wildman–Crippen MR) is 103 cm³/mol. The molecule has 3 rings (SSSR count). The van der Waals surface area contributed by atoms with Crippen molar-refractivity contribution in [3.05, 3.63) is 81.1 Å². The minimum atomic E-state index is -0.750. The SMILES string of the molecule is CSc1ccc(C(=O)c2ccccc2C(=O)OCc2nnc(C)o2)cc1[N+](=O)[O-]. The molecule has 3 aromatic rings. The van der Waals surface area contributed by atoms with Crippen molar-refractivity contribution < 1.29 is 23.7 Å². The summed E-state index contributed by atoms with van der Waals surface area (Å²) >= 11 is 1.21. The van der Waals surface area contributed by atoms with Gasteiger partial charge in [0.15, 0.2) is 12.4 Å². The Labute approximate surface area is 169 Å². The van der Waals surface area contributed by atoms with E-state index in [1.54, 1.807) is 25.3 Å². The summed E-state index contributed by atoms with van der Waals surface area (Å²) in [5.41, 5.74) is 0.0354. The zero-order valence-corrected chi connectivity index (χ0v) is 16.3. The lowest BCUT2D eigenvalue weighted by Gasteiger charge is -2.09. The molecule has 1 aromatic heterocycles. The van der Waals surface area contributed by atoms with Gasteiger partial charge in [-0.3, -0.25) is 14.9 Å². The largest absolute Gasteiger partial charge is 0.452 e. The average Bonchev–Trinajstić information content (AvgIpc) is 3.16. The highest BCUT2D eigenvalue weighted by Gasteiger charge is 2.22. The quantitative estimate of drug-likeness (QED) is 0.188. The van der Waals surface area contributed by atoms with Crippen LogP contribution in [0.1, 0.15) is 38.1 Å². The molecule has 0 unspecified atom stereocenters. The Morgan fingerprint density at radius 2 is 1.90 bits per heavy atom. The molecule has 0 atom stereocenters. The molecule has 0 aliphatic carbocycles. The molecule has 0 saturated heterocycles. The standard InChI is InChI=1S/C19H15N3O6S/c1-11-20-21-17(28-11)10-27-19(24)14-6-4-3-5-13(14)18(23)12-7-8-16(29-2)15(9-12)22(25)26/h3-9H,10H2,1-2H3. The minimum Gasteiger partial charge on any atom is -0.452 e. The van der Waals surface area contributed by atoms with Gasteiger partial charge in [0.2, 0.25) is 5.89 Å². The van der Waals surface area contributed by atoms with Crippen molar-refractivity contribution in [3.8, 4) is 0 Å². The van der Waals surface area contributed by atoms with Crippen LogP contribution in [0.25, 0.3) is 0 Å². The molecule has 0 bridgehead atoms. The molecule has 1 heterocycles. The van der Waals surface area contributed by atoms with Gasteiger partial charge in [-0.2, -0.15) is 0 Å². The molecular weight excluding hydrogens is 398 g/mol. The fraction of sp³-hybridized carbons (Fsp3) is 0.158. The first-order valence-electron chi connectivity index (χ1n) is 8.33. The smallest absolute Gasteiger partial charge is 0.339 e. The summed E-state index contributed by atoms with van der Waals surface area (Å²) in [6, 6.07) is 10.3. The Kier molecular flexibility index (Phi) is 6.03. The van der Waals surface area contributed by atoms with Gasteiger partial charge in [0.05, 0.1) is 15.4 Å². The van der Waals surface area contributed by atoms with Gasteiger partial charge in [0.25, 0.3) is 11.6 Å². The van der Waals surface area contributed by atoms with Crippen molar-refractivity contribution in [2.75, 3.05) is 6.26 Å². The number of esters is 1. The number of benzene rings is 2. The molecule has 0 amide bonds. The molecule has 0 saturated carbocycles. The van der Waals surface area contributed by atoms with Gasteiger partial charge < -0.3 is 9.15 Å². The zero-order chi connectivity index (χ0) is 21.0. The van der Waals surface area contributed by atoms with E-state index in [2.05, 4.69) is 10.2 Å². The van der Waals surface area contributed by atoms with Crippen LogP contribution in [-0.2, 0) is 11.3 Å². The van der Waals surface area contributed by atoms with Crippen LogP contribution >= 0.6 is 11.8 Å². The summed E-state index contributed by atoms with van der Waals surface area (Å²) in [7, 11) is 0. The van der Waals surface area contributed by atoms with E-state index in [0.717, 1.165) is 0 Å². The summed E-state index contributed by atoms with van der Waals surface area (Å²) in [5, 5.41) is 18.6. The Morgan fingerprint density at radius 3 is 2.52 bits per heavy atom. The number of ether oxygens (including phenoxy) is 1. The van der Waals surface area contributed by atoms with E-state index in [1.165, 1.54) is 42.1 Å². The molecule has 0 radical (unpaired) electrons. The number of thioether (sulfide) groups is 1. The molecule has 0 aliphatic heterocycles. The van der Waals surface area contributed by atoms with Crippen LogP contribution in [-0.4, -0.2) is 33.1 Å². The number of aryl methyl sites for hydroxylation is 1. The van der Waals surface area contributed by atoms with Crippen LogP contribution in [0.5, 0.6) is 0 Å². The number of ketones is 1. The molecule has 0 fully saturated rings. The minimum absolute atomic E-state index is 0.0327. The Hall–Kier alpha value is -3.53. The first kappa shape index (κ1) is 20.2. The van der Waals surface area contributed by atoms with Crippen molar-refractivity contribution in [2.45, 2.75) is 18.4 Å². The second-order valence-electron chi connectivity index (χ2n) is 5.81. The van der Waals surface area contributed by atoms with Crippen molar-refractivity contribution in [2.24, 2.45) is 0 Å². The Bertz CT molecular complexity index is 1100. The van der Waals surface area contributed by atoms with E-state index < -0.39 is 16.7 Å². The van der Waals surface area contributed by atoms with Crippen LogP contribution in [0.2, 0.25) is 0 Å². The van der Waals surface area contributed by atoms with Crippen molar-refractivity contribution in [1.29, 1.82) is 0 Å². The van der Waals surface area contributed by atoms with Crippen LogP contribution in [0, 0.1) is 17.0 Å². The van der Waals surface area contributed by atoms with E-state index in [9.17, 15) is 19.7 Å². The van der Waals surface area contributed by atoms with Crippen LogP contribution in [0.15, 0.2) is 51.8 Å². The molecule has 9 nitrogen and oxygen atoms in total. The second kappa shape index (κ2) is 8.65. The van der Waals surface area contributed by atoms with Gasteiger partial charge in [0, 0.05) is 24.1 Å². The highest BCUT2D eigenvalue weighted by atomic mass is 32.2. The fourth-order valence-electron chi connectivity index (χ4n) is 2.59. The van der Waals surface area contributed by atoms with Crippen molar-refractivity contribution in [1.82, 2.24) is 10.2 Å². The first-order valence-corrected chi connectivity index (χ1v) is 9.55. The number of hydrogen-bond acceptors (Lipinski definition) is 9. The number of nitro groups is 1. The molecule has 2 aromatic carbocycles. The first-order chi connectivity index (χ1) is 13.9. The summed E-state index contributed by atoms with van der Waals surface area (Å²) in [6.45, 7) is 1.36. The summed E-state index contributed by atoms with van der Waals surface area (Å²) in [5.74, 6) is -0.813. The van der Waals surface area contributed by atoms with Gasteiger partial charge in [-0.05, 0) is 24.5 Å². The normalized spacial score (nSPS) is 10.6. The van der Waals surface area contributed by atoms with E-state index >= 15 is 0 Å². The lowest BCUT2D eigenvalue weighted by atomic mass is 9.98. The van der Waals surface area contributed by atoms with Crippen molar-refractivity contribution >= 4 is 29.2 Å². The number of aromatic nitrogens is 2. The van der Waals surface area contributed by atoms with Crippen molar-refractivity contribution in [3.63, 3.8) is 0 Å². The maximum Gasteiger partial charge on any atom is 0.339 e. The van der Waals surface area contributed by atoms with Crippen LogP contribution in [0.4, 0.5) is 5.69 Å². The maximum atomic E-state index is 12.9. The number of carbonyl (C=O) groups is 2. The molecule has 29 heavy (non-hydrogen) atoms. The highest BCUT2D eigenvalue weighted by molar-refractivity contribution is 7.98. The van der Waals surface area contributed by atoms with Gasteiger partial charge in [0.1, 0.15) is 0 Å². The third-order valence-corrected chi connectivity index (χ3v) is 4.71. The number of carbonyl (C=O) groups excluding carboxylic acids is 2. The number of nitrogens with zero attached hydrogens (tertiary/aromatic N) is 3. The summed E-state index contributed by atoms with van der Waals surface area (Å²) in [4.78, 5) is 36.6. The molecule has 0 spiro atoms. The molecule has 148 valence electrons. The lowest BCUT2D eigenvalue weighted by molar-refractivity contribution is -0.387. The monoisotopic (exact) mass is 413 g/mol. The Balaban J connectivity index is 1.88. The maximum absolute atomic E-state index is 12.9. The summed E-state index contributed by atoms with van der Waals surface area (Å²) < 4.78 is 10.3. The molecule has 10 heteroatoms. The van der Waals surface area contributed by atoms with Gasteiger partial charge in [-0.1, -0.05) is 18.2 Å². The van der Waals surface area contributed by atoms with Crippen LogP contribution in [0.3, 0.4) is 0 Å². The predicted octanol–water partition coefficient (Wildman–Crippen LogP) is 3.60. The summed E-state index contributed by atoms with van der Waals surface area (Å²) in [6.07, 6.45) is 1.71. The zero-order valence-electron chi connectivity index (χ0n) is 15.4. The molecule has 0 N–H and O–H groups in total. The third-order valence-electron chi connectivity index (χ3n) is 3.92. The topological polar surface area (TPSA) is 125 Å². The van der Waals surface area contributed by atoms with E-state index in [-0.39, 0.29) is 34.9 Å². The van der Waals surface area contributed by atoms with Crippen LogP contribution < -0.4 is 0 Å². The third kappa shape index (κ3) is 4.49. The van der Waals surface area contributed by atoms with Gasteiger partial charge in [-0.25, -0.2) is 4.79 Å². The van der Waals surface area contributed by atoms with E-state index in [0.29, 0.717) is 10.8 Å². The lowest BCUT2D eigenvalue weighted by Crippen LogP contribution is -2.13. The van der Waals surface area contributed by atoms with Gasteiger partial charge in [-0.15, -0.1) is 22.0 Å². The molecular formula is C19H15N3O6S. The van der Waals surface area contributed by atoms with E-state index in [4.69, 9.17) is 9.15 Å². The number of rotatable bonds is 7. The average molecular weight is 413 g/mol. The van der Waals surface area contributed by atoms with Gasteiger partial charge >= 0.3 is 5.97 Å². The molecule has 0 aliphatic rings. The fourth-order valence-corrected chi connectivity index (χ4v) is 3.14. The van der Waals surface area contributed by atoms with E-state index in [1.807, 2.05) is 0 Å².